The van der Waals surface area contributed by atoms with Gasteiger partial charge in [-0.25, -0.2) is 0 Å². The van der Waals surface area contributed by atoms with E-state index in [0.717, 1.165) is 0 Å². The van der Waals surface area contributed by atoms with Crippen molar-refractivity contribution in [3.8, 4) is 11.5 Å². The number of ketones is 1. The van der Waals surface area contributed by atoms with Gasteiger partial charge in [0.1, 0.15) is 6.61 Å². The van der Waals surface area contributed by atoms with Crippen molar-refractivity contribution < 1.29 is 14.3 Å². The van der Waals surface area contributed by atoms with Crippen LogP contribution in [-0.2, 0) is 4.79 Å². The van der Waals surface area contributed by atoms with Crippen LogP contribution >= 0.6 is 0 Å². The van der Waals surface area contributed by atoms with E-state index in [2.05, 4.69) is 5.18 Å². The molecule has 0 N–H and O–H groups in total. The molecule has 1 unspecified atom stereocenters. The normalized spacial score (nSPS) is 17.9. The maximum Gasteiger partial charge on any atom is 0.190 e. The zero-order chi connectivity index (χ0) is 11.4. The molecule has 5 nitrogen and oxygen atoms in total. The number of nitroso groups, excluding NO2 is 1. The third-order valence-corrected chi connectivity index (χ3v) is 2.32. The first-order chi connectivity index (χ1) is 7.81. The molecule has 0 fully saturated rings. The lowest BCUT2D eigenvalue weighted by molar-refractivity contribution is -0.127. The molecular weight excluding hydrogens is 210 g/mol. The van der Waals surface area contributed by atoms with Gasteiger partial charge in [-0.1, -0.05) is 17.3 Å². The summed E-state index contributed by atoms with van der Waals surface area (Å²) < 4.78 is 10.9. The standard InChI is InChI=1S/C11H11NO4/c13-8(5-6-12-14)11-7-15-9-3-1-2-4-10(9)16-11/h1-4,11H,5-7H2. The van der Waals surface area contributed by atoms with Gasteiger partial charge in [-0.2, -0.15) is 4.91 Å². The number of Topliss-reactive ketones (excluding diaryl/α,β-unsaturated/α-hetero) is 1. The summed E-state index contributed by atoms with van der Waals surface area (Å²) in [5.41, 5.74) is 0. The molecule has 0 saturated heterocycles. The van der Waals surface area contributed by atoms with Crippen molar-refractivity contribution in [3.05, 3.63) is 29.2 Å². The predicted molar refractivity (Wildman–Crippen MR) is 56.6 cm³/mol. The predicted octanol–water partition coefficient (Wildman–Crippen LogP) is 1.55. The highest BCUT2D eigenvalue weighted by Crippen LogP contribution is 2.31. The summed E-state index contributed by atoms with van der Waals surface area (Å²) in [5.74, 6) is 1.04. The van der Waals surface area contributed by atoms with Crippen LogP contribution < -0.4 is 9.47 Å². The topological polar surface area (TPSA) is 65.0 Å². The summed E-state index contributed by atoms with van der Waals surface area (Å²) in [5, 5.41) is 2.65. The third kappa shape index (κ3) is 2.18. The minimum absolute atomic E-state index is 0.0136. The van der Waals surface area contributed by atoms with Gasteiger partial charge in [0.15, 0.2) is 23.4 Å². The molecule has 2 rings (SSSR count). The first-order valence-electron chi connectivity index (χ1n) is 5.01. The number of benzene rings is 1. The van der Waals surface area contributed by atoms with Crippen LogP contribution in [0.15, 0.2) is 29.4 Å². The lowest BCUT2D eigenvalue weighted by Gasteiger charge is -2.25. The highest BCUT2D eigenvalue weighted by atomic mass is 16.6. The summed E-state index contributed by atoms with van der Waals surface area (Å²) in [6.45, 7) is 0.176. The molecule has 5 heteroatoms. The van der Waals surface area contributed by atoms with Crippen molar-refractivity contribution in [1.29, 1.82) is 0 Å². The zero-order valence-electron chi connectivity index (χ0n) is 8.59. The number of carbonyl (C=O) groups is 1. The van der Waals surface area contributed by atoms with E-state index >= 15 is 0 Å². The highest BCUT2D eigenvalue weighted by Gasteiger charge is 2.26. The van der Waals surface area contributed by atoms with Crippen LogP contribution in [0, 0.1) is 4.91 Å². The number of nitrogens with zero attached hydrogens (tertiary/aromatic N) is 1. The lowest BCUT2D eigenvalue weighted by atomic mass is 10.1. The average molecular weight is 221 g/mol. The van der Waals surface area contributed by atoms with Crippen molar-refractivity contribution in [2.24, 2.45) is 5.18 Å². The molecule has 1 aliphatic rings. The number of ether oxygens (including phenoxy) is 2. The number of rotatable bonds is 4. The molecule has 1 aromatic carbocycles. The van der Waals surface area contributed by atoms with Crippen LogP contribution in [0.1, 0.15) is 6.42 Å². The Hall–Kier alpha value is -1.91. The van der Waals surface area contributed by atoms with Crippen LogP contribution in [0.2, 0.25) is 0 Å². The van der Waals surface area contributed by atoms with Gasteiger partial charge >= 0.3 is 0 Å². The molecule has 0 amide bonds. The van der Waals surface area contributed by atoms with Crippen molar-refractivity contribution in [2.45, 2.75) is 12.5 Å². The van der Waals surface area contributed by atoms with Gasteiger partial charge in [0, 0.05) is 6.42 Å². The van der Waals surface area contributed by atoms with Crippen LogP contribution in [0.4, 0.5) is 0 Å². The average Bonchev–Trinajstić information content (AvgIpc) is 2.35. The number of para-hydroxylation sites is 2. The second-order valence-electron chi connectivity index (χ2n) is 3.43. The monoisotopic (exact) mass is 221 g/mol. The zero-order valence-corrected chi connectivity index (χ0v) is 8.59. The fourth-order valence-corrected chi connectivity index (χ4v) is 1.50. The van der Waals surface area contributed by atoms with E-state index in [0.29, 0.717) is 11.5 Å². The molecule has 0 aliphatic carbocycles. The van der Waals surface area contributed by atoms with Crippen LogP contribution in [-0.4, -0.2) is 25.0 Å². The van der Waals surface area contributed by atoms with Crippen molar-refractivity contribution in [1.82, 2.24) is 0 Å². The molecule has 1 aliphatic heterocycles. The molecule has 0 bridgehead atoms. The fraction of sp³-hybridized carbons (Fsp3) is 0.364. The lowest BCUT2D eigenvalue weighted by Crippen LogP contribution is -2.36. The summed E-state index contributed by atoms with van der Waals surface area (Å²) in [4.78, 5) is 21.5. The minimum Gasteiger partial charge on any atom is -0.485 e. The first-order valence-corrected chi connectivity index (χ1v) is 5.01. The van der Waals surface area contributed by atoms with Gasteiger partial charge in [-0.15, -0.1) is 0 Å². The molecular formula is C11H11NO4. The summed E-state index contributed by atoms with van der Waals surface area (Å²) in [6.07, 6.45) is -0.531. The van der Waals surface area contributed by atoms with E-state index in [9.17, 15) is 9.70 Å². The molecule has 0 saturated carbocycles. The molecule has 0 spiro atoms. The Balaban J connectivity index is 2.02. The van der Waals surface area contributed by atoms with Gasteiger partial charge < -0.3 is 9.47 Å². The van der Waals surface area contributed by atoms with Crippen molar-refractivity contribution in [3.63, 3.8) is 0 Å². The molecule has 0 aromatic heterocycles. The van der Waals surface area contributed by atoms with E-state index in [1.807, 2.05) is 12.1 Å². The molecule has 16 heavy (non-hydrogen) atoms. The van der Waals surface area contributed by atoms with E-state index in [1.165, 1.54) is 0 Å². The Labute approximate surface area is 92.3 Å². The van der Waals surface area contributed by atoms with Crippen LogP contribution in [0.5, 0.6) is 11.5 Å². The Morgan fingerprint density at radius 3 is 2.88 bits per heavy atom. The maximum atomic E-state index is 11.6. The Kier molecular flexibility index (Phi) is 3.14. The number of hydrogen-bond donors (Lipinski definition) is 0. The second kappa shape index (κ2) is 4.74. The Morgan fingerprint density at radius 1 is 1.38 bits per heavy atom. The van der Waals surface area contributed by atoms with E-state index in [1.54, 1.807) is 12.1 Å². The molecule has 84 valence electrons. The summed E-state index contributed by atoms with van der Waals surface area (Å²) >= 11 is 0. The largest absolute Gasteiger partial charge is 0.485 e. The number of carbonyl (C=O) groups excluding carboxylic acids is 1. The van der Waals surface area contributed by atoms with Gasteiger partial charge in [-0.3, -0.25) is 4.79 Å². The Bertz CT molecular complexity index is 405. The van der Waals surface area contributed by atoms with E-state index in [-0.39, 0.29) is 25.4 Å². The SMILES string of the molecule is O=NCCC(=O)C1COc2ccccc2O1. The maximum absolute atomic E-state index is 11.6. The number of hydrogen-bond acceptors (Lipinski definition) is 5. The van der Waals surface area contributed by atoms with Gasteiger partial charge in [-0.05, 0) is 12.1 Å². The smallest absolute Gasteiger partial charge is 0.190 e. The molecule has 1 heterocycles. The van der Waals surface area contributed by atoms with Crippen molar-refractivity contribution >= 4 is 5.78 Å². The first kappa shape index (κ1) is 10.6. The summed E-state index contributed by atoms with van der Waals surface area (Å²) in [7, 11) is 0. The Morgan fingerprint density at radius 2 is 2.12 bits per heavy atom. The van der Waals surface area contributed by atoms with Gasteiger partial charge in [0.25, 0.3) is 0 Å². The molecule has 1 atom stereocenters. The van der Waals surface area contributed by atoms with Crippen molar-refractivity contribution in [2.75, 3.05) is 13.2 Å². The third-order valence-electron chi connectivity index (χ3n) is 2.32. The molecule has 0 radical (unpaired) electrons. The number of fused-ring (bicyclic) bond motifs is 1. The van der Waals surface area contributed by atoms with Crippen LogP contribution in [0.25, 0.3) is 0 Å². The quantitative estimate of drug-likeness (QED) is 0.723. The minimum atomic E-state index is -0.628. The summed E-state index contributed by atoms with van der Waals surface area (Å²) in [6, 6.07) is 7.17. The van der Waals surface area contributed by atoms with E-state index in [4.69, 9.17) is 9.47 Å². The van der Waals surface area contributed by atoms with Crippen LogP contribution in [0.3, 0.4) is 0 Å². The molecule has 1 aromatic rings. The van der Waals surface area contributed by atoms with Gasteiger partial charge in [0.05, 0.1) is 6.54 Å². The van der Waals surface area contributed by atoms with E-state index < -0.39 is 6.10 Å². The fourth-order valence-electron chi connectivity index (χ4n) is 1.50. The van der Waals surface area contributed by atoms with Gasteiger partial charge in [0.2, 0.25) is 0 Å². The second-order valence-corrected chi connectivity index (χ2v) is 3.43. The highest BCUT2D eigenvalue weighted by molar-refractivity contribution is 5.84.